The molecular formula is C13H14ClN3O3S. The van der Waals surface area contributed by atoms with Crippen LogP contribution in [0.2, 0.25) is 5.02 Å². The number of aliphatic carboxylic acids is 1. The molecule has 0 saturated heterocycles. The molecule has 0 aliphatic heterocycles. The summed E-state index contributed by atoms with van der Waals surface area (Å²) in [4.78, 5) is 27.0. The summed E-state index contributed by atoms with van der Waals surface area (Å²) in [6.07, 6.45) is 0. The van der Waals surface area contributed by atoms with Crippen molar-refractivity contribution in [3.8, 4) is 0 Å². The highest BCUT2D eigenvalue weighted by molar-refractivity contribution is 7.99. The number of carboxylic acid groups (broad SMARTS) is 1. The summed E-state index contributed by atoms with van der Waals surface area (Å²) in [5, 5.41) is 12.3. The molecule has 1 atom stereocenters. The standard InChI is InChI=1S/C13H14ClN3O3S/c1-7(12(20)15-2)17-9-5-3-4-8(14)11(9)16-13(17)21-6-10(18)19/h3-5,7H,6H2,1-2H3,(H,15,20)(H,18,19). The van der Waals surface area contributed by atoms with Crippen LogP contribution in [0.3, 0.4) is 0 Å². The van der Waals surface area contributed by atoms with E-state index in [9.17, 15) is 9.59 Å². The highest BCUT2D eigenvalue weighted by atomic mass is 35.5. The van der Waals surface area contributed by atoms with Gasteiger partial charge in [-0.05, 0) is 19.1 Å². The summed E-state index contributed by atoms with van der Waals surface area (Å²) < 4.78 is 1.70. The molecular weight excluding hydrogens is 314 g/mol. The van der Waals surface area contributed by atoms with Crippen LogP contribution >= 0.6 is 23.4 Å². The number of benzene rings is 1. The maximum Gasteiger partial charge on any atom is 0.313 e. The second-order valence-electron chi connectivity index (χ2n) is 4.34. The van der Waals surface area contributed by atoms with Crippen molar-refractivity contribution < 1.29 is 14.7 Å². The molecule has 0 aliphatic rings. The number of carbonyl (C=O) groups excluding carboxylic acids is 1. The van der Waals surface area contributed by atoms with Crippen LogP contribution in [0.4, 0.5) is 0 Å². The summed E-state index contributed by atoms with van der Waals surface area (Å²) in [6, 6.07) is 4.76. The number of carbonyl (C=O) groups is 2. The Hall–Kier alpha value is -1.73. The van der Waals surface area contributed by atoms with Crippen molar-refractivity contribution >= 4 is 46.3 Å². The van der Waals surface area contributed by atoms with Crippen molar-refractivity contribution in [1.29, 1.82) is 0 Å². The molecule has 1 unspecified atom stereocenters. The fourth-order valence-corrected chi connectivity index (χ4v) is 3.01. The summed E-state index contributed by atoms with van der Waals surface area (Å²) in [5.74, 6) is -1.27. The molecule has 2 rings (SSSR count). The number of aromatic nitrogens is 2. The van der Waals surface area contributed by atoms with E-state index in [2.05, 4.69) is 10.3 Å². The minimum absolute atomic E-state index is 0.137. The largest absolute Gasteiger partial charge is 0.481 e. The zero-order chi connectivity index (χ0) is 15.6. The molecule has 2 aromatic rings. The molecule has 0 saturated carbocycles. The van der Waals surface area contributed by atoms with Crippen molar-refractivity contribution in [2.24, 2.45) is 0 Å². The van der Waals surface area contributed by atoms with E-state index in [-0.39, 0.29) is 11.7 Å². The number of fused-ring (bicyclic) bond motifs is 1. The van der Waals surface area contributed by atoms with Gasteiger partial charge in [-0.2, -0.15) is 0 Å². The number of imidazole rings is 1. The number of halogens is 1. The molecule has 1 aromatic carbocycles. The predicted octanol–water partition coefficient (Wildman–Crippen LogP) is 2.17. The Morgan fingerprint density at radius 1 is 1.52 bits per heavy atom. The summed E-state index contributed by atoms with van der Waals surface area (Å²) >= 11 is 7.18. The van der Waals surface area contributed by atoms with Gasteiger partial charge in [0.15, 0.2) is 5.16 Å². The van der Waals surface area contributed by atoms with Crippen molar-refractivity contribution in [2.75, 3.05) is 12.8 Å². The van der Waals surface area contributed by atoms with Crippen molar-refractivity contribution in [1.82, 2.24) is 14.9 Å². The minimum Gasteiger partial charge on any atom is -0.481 e. The van der Waals surface area contributed by atoms with Gasteiger partial charge < -0.3 is 15.0 Å². The third-order valence-corrected chi connectivity index (χ3v) is 4.22. The Morgan fingerprint density at radius 3 is 2.86 bits per heavy atom. The quantitative estimate of drug-likeness (QED) is 0.822. The second kappa shape index (κ2) is 6.36. The Bertz CT molecular complexity index is 701. The first-order chi connectivity index (χ1) is 9.95. The smallest absolute Gasteiger partial charge is 0.313 e. The number of nitrogens with zero attached hydrogens (tertiary/aromatic N) is 2. The lowest BCUT2D eigenvalue weighted by Crippen LogP contribution is -2.28. The Balaban J connectivity index is 2.57. The number of amides is 1. The number of hydrogen-bond donors (Lipinski definition) is 2. The highest BCUT2D eigenvalue weighted by Gasteiger charge is 2.22. The van der Waals surface area contributed by atoms with Crippen LogP contribution in [0, 0.1) is 0 Å². The maximum absolute atomic E-state index is 11.9. The van der Waals surface area contributed by atoms with E-state index in [1.807, 2.05) is 0 Å². The van der Waals surface area contributed by atoms with Crippen LogP contribution in [0.15, 0.2) is 23.4 Å². The molecule has 21 heavy (non-hydrogen) atoms. The monoisotopic (exact) mass is 327 g/mol. The normalized spacial score (nSPS) is 12.3. The van der Waals surface area contributed by atoms with Gasteiger partial charge in [0, 0.05) is 7.05 Å². The number of carboxylic acids is 1. The van der Waals surface area contributed by atoms with Crippen molar-refractivity contribution in [3.63, 3.8) is 0 Å². The minimum atomic E-state index is -0.947. The summed E-state index contributed by atoms with van der Waals surface area (Å²) in [5.41, 5.74) is 1.26. The number of rotatable bonds is 5. The van der Waals surface area contributed by atoms with E-state index >= 15 is 0 Å². The SMILES string of the molecule is CNC(=O)C(C)n1c(SCC(=O)O)nc2c(Cl)cccc21. The van der Waals surface area contributed by atoms with Crippen LogP contribution in [-0.2, 0) is 9.59 Å². The van der Waals surface area contributed by atoms with Crippen molar-refractivity contribution in [3.05, 3.63) is 23.2 Å². The predicted molar refractivity (Wildman–Crippen MR) is 81.9 cm³/mol. The van der Waals surface area contributed by atoms with E-state index in [0.717, 1.165) is 11.8 Å². The van der Waals surface area contributed by atoms with Gasteiger partial charge in [0.25, 0.3) is 0 Å². The van der Waals surface area contributed by atoms with Gasteiger partial charge in [-0.3, -0.25) is 9.59 Å². The van der Waals surface area contributed by atoms with Gasteiger partial charge in [-0.15, -0.1) is 0 Å². The first-order valence-corrected chi connectivity index (χ1v) is 7.54. The molecule has 0 aliphatic carbocycles. The summed E-state index contributed by atoms with van der Waals surface area (Å²) in [6.45, 7) is 1.73. The molecule has 2 N–H and O–H groups in total. The molecule has 6 nitrogen and oxygen atoms in total. The van der Waals surface area contributed by atoms with Crippen LogP contribution < -0.4 is 5.32 Å². The van der Waals surface area contributed by atoms with Gasteiger partial charge in [0.05, 0.1) is 16.3 Å². The van der Waals surface area contributed by atoms with Crippen LogP contribution in [0.1, 0.15) is 13.0 Å². The van der Waals surface area contributed by atoms with Gasteiger partial charge in [-0.1, -0.05) is 29.4 Å². The first kappa shape index (κ1) is 15.7. The van der Waals surface area contributed by atoms with E-state index in [4.69, 9.17) is 16.7 Å². The lowest BCUT2D eigenvalue weighted by atomic mass is 10.2. The number of hydrogen-bond acceptors (Lipinski definition) is 4. The molecule has 0 fully saturated rings. The number of likely N-dealkylation sites (N-methyl/N-ethyl adjacent to an activating group) is 1. The van der Waals surface area contributed by atoms with Gasteiger partial charge in [0.1, 0.15) is 11.6 Å². The molecule has 1 heterocycles. The number of nitrogens with one attached hydrogen (secondary N) is 1. The Kier molecular flexibility index (Phi) is 4.74. The van der Waals surface area contributed by atoms with Crippen LogP contribution in [0.25, 0.3) is 11.0 Å². The highest BCUT2D eigenvalue weighted by Crippen LogP contribution is 2.31. The van der Waals surface area contributed by atoms with E-state index in [1.165, 1.54) is 0 Å². The molecule has 0 radical (unpaired) electrons. The summed E-state index contributed by atoms with van der Waals surface area (Å²) in [7, 11) is 1.55. The van der Waals surface area contributed by atoms with E-state index < -0.39 is 12.0 Å². The zero-order valence-corrected chi connectivity index (χ0v) is 13.0. The average Bonchev–Trinajstić information content (AvgIpc) is 2.83. The fraction of sp³-hybridized carbons (Fsp3) is 0.308. The van der Waals surface area contributed by atoms with Gasteiger partial charge in [0.2, 0.25) is 5.91 Å². The lowest BCUT2D eigenvalue weighted by Gasteiger charge is -2.15. The molecule has 112 valence electrons. The van der Waals surface area contributed by atoms with E-state index in [1.54, 1.807) is 36.7 Å². The van der Waals surface area contributed by atoms with Crippen LogP contribution in [0.5, 0.6) is 0 Å². The Morgan fingerprint density at radius 2 is 2.24 bits per heavy atom. The third kappa shape index (κ3) is 3.14. The topological polar surface area (TPSA) is 84.2 Å². The molecule has 8 heteroatoms. The number of para-hydroxylation sites is 1. The van der Waals surface area contributed by atoms with Gasteiger partial charge in [-0.25, -0.2) is 4.98 Å². The third-order valence-electron chi connectivity index (χ3n) is 2.98. The number of thioether (sulfide) groups is 1. The maximum atomic E-state index is 11.9. The zero-order valence-electron chi connectivity index (χ0n) is 11.5. The molecule has 1 aromatic heterocycles. The van der Waals surface area contributed by atoms with Crippen molar-refractivity contribution in [2.45, 2.75) is 18.1 Å². The van der Waals surface area contributed by atoms with Gasteiger partial charge >= 0.3 is 5.97 Å². The Labute approximate surface area is 130 Å². The van der Waals surface area contributed by atoms with E-state index in [0.29, 0.717) is 21.2 Å². The molecule has 1 amide bonds. The van der Waals surface area contributed by atoms with Crippen LogP contribution in [-0.4, -0.2) is 39.3 Å². The lowest BCUT2D eigenvalue weighted by molar-refractivity contribution is -0.133. The second-order valence-corrected chi connectivity index (χ2v) is 5.69. The first-order valence-electron chi connectivity index (χ1n) is 6.18. The average molecular weight is 328 g/mol. The molecule has 0 bridgehead atoms. The fourth-order valence-electron chi connectivity index (χ4n) is 1.99. The molecule has 0 spiro atoms.